The smallest absolute Gasteiger partial charge is 0.429 e. The summed E-state index contributed by atoms with van der Waals surface area (Å²) in [5.41, 5.74) is -0.410. The molecule has 0 saturated carbocycles. The van der Waals surface area contributed by atoms with E-state index in [-0.39, 0.29) is 11.7 Å². The van der Waals surface area contributed by atoms with Crippen molar-refractivity contribution >= 4 is 12.1 Å². The summed E-state index contributed by atoms with van der Waals surface area (Å²) in [5.74, 6) is -0.886. The van der Waals surface area contributed by atoms with E-state index in [0.29, 0.717) is 0 Å². The third-order valence-corrected chi connectivity index (χ3v) is 2.19. The van der Waals surface area contributed by atoms with E-state index >= 15 is 0 Å². The van der Waals surface area contributed by atoms with Gasteiger partial charge < -0.3 is 9.62 Å². The zero-order valence-corrected chi connectivity index (χ0v) is 12.7. The molecule has 0 spiro atoms. The fourth-order valence-electron chi connectivity index (χ4n) is 0.683. The van der Waals surface area contributed by atoms with Gasteiger partial charge in [-0.3, -0.25) is 0 Å². The van der Waals surface area contributed by atoms with Gasteiger partial charge in [0.05, 0.1) is 11.7 Å². The van der Waals surface area contributed by atoms with E-state index in [1.165, 1.54) is 6.92 Å². The number of hydrogen-bond acceptors (Lipinski definition) is 7. The molecule has 0 aliphatic rings. The second-order valence-corrected chi connectivity index (χ2v) is 4.96. The molecule has 0 saturated heterocycles. The van der Waals surface area contributed by atoms with E-state index in [1.807, 2.05) is 20.8 Å². The Morgan fingerprint density at radius 1 is 1.20 bits per heavy atom. The minimum absolute atomic E-state index is 0.0641. The number of hydrogen-bond donors (Lipinski definition) is 0. The van der Waals surface area contributed by atoms with E-state index in [0.717, 1.165) is 12.7 Å². The molecule has 116 valence electrons. The summed E-state index contributed by atoms with van der Waals surface area (Å²) in [7, 11) is 0. The maximum Gasteiger partial charge on any atom is 0.550 e. The largest absolute Gasteiger partial charge is 0.550 e. The van der Waals surface area contributed by atoms with Crippen LogP contribution in [0.2, 0.25) is 0 Å². The maximum absolute atomic E-state index is 11.4. The molecule has 0 rings (SSSR count). The molecule has 20 heavy (non-hydrogen) atoms. The summed E-state index contributed by atoms with van der Waals surface area (Å²) in [4.78, 5) is 40.7. The van der Waals surface area contributed by atoms with Crippen LogP contribution in [0.1, 0.15) is 48.0 Å². The van der Waals surface area contributed by atoms with E-state index in [1.54, 1.807) is 13.8 Å². The summed E-state index contributed by atoms with van der Waals surface area (Å²) in [6.45, 7) is 10.3. The van der Waals surface area contributed by atoms with Crippen LogP contribution >= 0.6 is 0 Å². The summed E-state index contributed by atoms with van der Waals surface area (Å²) in [5, 5.41) is 0. The average Bonchev–Trinajstić information content (AvgIpc) is 2.34. The highest BCUT2D eigenvalue weighted by Crippen LogP contribution is 2.14. The summed E-state index contributed by atoms with van der Waals surface area (Å²) in [6.07, 6.45) is 0.335. The molecule has 0 amide bonds. The van der Waals surface area contributed by atoms with Crippen molar-refractivity contribution in [2.45, 2.75) is 59.7 Å². The van der Waals surface area contributed by atoms with Crippen molar-refractivity contribution in [2.75, 3.05) is 0 Å². The molecule has 0 N–H and O–H groups in total. The fourth-order valence-corrected chi connectivity index (χ4v) is 0.683. The first-order chi connectivity index (χ1) is 9.18. The van der Waals surface area contributed by atoms with Crippen LogP contribution in [-0.4, -0.2) is 23.8 Å². The third kappa shape index (κ3) is 8.36. The van der Waals surface area contributed by atoms with Gasteiger partial charge in [0.15, 0.2) is 0 Å². The Balaban J connectivity index is 4.12. The van der Waals surface area contributed by atoms with Gasteiger partial charge in [0.25, 0.3) is 0 Å². The molecule has 0 aromatic carbocycles. The van der Waals surface area contributed by atoms with Crippen molar-refractivity contribution in [1.82, 2.24) is 0 Å². The van der Waals surface area contributed by atoms with Crippen LogP contribution in [0.3, 0.4) is 0 Å². The Kier molecular flexibility index (Phi) is 7.68. The molecule has 0 radical (unpaired) electrons. The molecule has 7 heteroatoms. The molecular weight excluding hydrogens is 268 g/mol. The maximum atomic E-state index is 11.4. The van der Waals surface area contributed by atoms with Gasteiger partial charge in [0, 0.05) is 0 Å². The zero-order valence-electron chi connectivity index (χ0n) is 12.7. The minimum atomic E-state index is -1.09. The first-order valence-corrected chi connectivity index (χ1v) is 6.28. The lowest BCUT2D eigenvalue weighted by atomic mass is 10.1. The Hall–Kier alpha value is -1.76. The van der Waals surface area contributed by atoms with Gasteiger partial charge in [-0.2, -0.15) is 9.68 Å². The molecule has 0 bridgehead atoms. The molecule has 0 aromatic heterocycles. The molecule has 0 aromatic rings. The Bertz CT molecular complexity index is 358. The number of ether oxygens (including phenoxy) is 1. The van der Waals surface area contributed by atoms with Gasteiger partial charge >= 0.3 is 12.1 Å². The van der Waals surface area contributed by atoms with Crippen molar-refractivity contribution in [3.63, 3.8) is 0 Å². The van der Waals surface area contributed by atoms with E-state index in [2.05, 4.69) is 14.5 Å². The standard InChI is InChI=1S/C13H22O7/c1-7-13(5,6)20-16-8-10(4)11(14)18-19-12(15)17-9(2)3/h8-9H,7H2,1-6H3. The highest BCUT2D eigenvalue weighted by Gasteiger charge is 2.18. The Morgan fingerprint density at radius 3 is 2.30 bits per heavy atom. The minimum Gasteiger partial charge on any atom is -0.429 e. The molecule has 0 aliphatic heterocycles. The molecule has 0 heterocycles. The van der Waals surface area contributed by atoms with Crippen LogP contribution in [0, 0.1) is 0 Å². The van der Waals surface area contributed by atoms with Crippen molar-refractivity contribution in [1.29, 1.82) is 0 Å². The first-order valence-electron chi connectivity index (χ1n) is 6.28. The monoisotopic (exact) mass is 290 g/mol. The lowest BCUT2D eigenvalue weighted by molar-refractivity contribution is -0.317. The number of rotatable bonds is 6. The third-order valence-electron chi connectivity index (χ3n) is 2.19. The lowest BCUT2D eigenvalue weighted by Crippen LogP contribution is -2.22. The van der Waals surface area contributed by atoms with Gasteiger partial charge in [-0.1, -0.05) is 6.92 Å². The first kappa shape index (κ1) is 18.2. The van der Waals surface area contributed by atoms with Crippen LogP contribution in [0.25, 0.3) is 0 Å². The predicted octanol–water partition coefficient (Wildman–Crippen LogP) is 3.05. The van der Waals surface area contributed by atoms with Crippen LogP contribution in [0.15, 0.2) is 11.8 Å². The van der Waals surface area contributed by atoms with Gasteiger partial charge in [0.2, 0.25) is 0 Å². The van der Waals surface area contributed by atoms with E-state index in [4.69, 9.17) is 9.78 Å². The van der Waals surface area contributed by atoms with Crippen molar-refractivity contribution in [3.8, 4) is 0 Å². The lowest BCUT2D eigenvalue weighted by Gasteiger charge is -2.19. The quantitative estimate of drug-likeness (QED) is 0.244. The zero-order chi connectivity index (χ0) is 15.8. The normalized spacial score (nSPS) is 12.1. The number of carbonyl (C=O) groups excluding carboxylic acids is 2. The Labute approximate surface area is 118 Å². The van der Waals surface area contributed by atoms with Gasteiger partial charge in [-0.15, -0.1) is 0 Å². The summed E-state index contributed by atoms with van der Waals surface area (Å²) in [6, 6.07) is 0. The van der Waals surface area contributed by atoms with Gasteiger partial charge in [0.1, 0.15) is 11.9 Å². The predicted molar refractivity (Wildman–Crippen MR) is 69.1 cm³/mol. The van der Waals surface area contributed by atoms with E-state index < -0.39 is 17.7 Å². The van der Waals surface area contributed by atoms with Crippen LogP contribution in [0.5, 0.6) is 0 Å². The number of carbonyl (C=O) groups is 2. The van der Waals surface area contributed by atoms with Crippen molar-refractivity contribution in [3.05, 3.63) is 11.8 Å². The van der Waals surface area contributed by atoms with Crippen LogP contribution < -0.4 is 0 Å². The Morgan fingerprint density at radius 2 is 1.80 bits per heavy atom. The molecule has 7 nitrogen and oxygen atoms in total. The van der Waals surface area contributed by atoms with Crippen molar-refractivity contribution in [2.24, 2.45) is 0 Å². The molecule has 0 unspecified atom stereocenters. The highest BCUT2D eigenvalue weighted by molar-refractivity contribution is 5.87. The second kappa shape index (κ2) is 8.42. The SMILES string of the molecule is CCC(C)(C)OOC=C(C)C(=O)OOC(=O)OC(C)C. The van der Waals surface area contributed by atoms with Gasteiger partial charge in [-0.05, 0) is 41.0 Å². The molecule has 0 atom stereocenters. The molecular formula is C13H22O7. The van der Waals surface area contributed by atoms with Crippen LogP contribution in [0.4, 0.5) is 4.79 Å². The topological polar surface area (TPSA) is 80.3 Å². The molecule has 0 fully saturated rings. The average molecular weight is 290 g/mol. The highest BCUT2D eigenvalue weighted by atomic mass is 17.2. The summed E-state index contributed by atoms with van der Waals surface area (Å²) >= 11 is 0. The fraction of sp³-hybridized carbons (Fsp3) is 0.692. The molecule has 0 aliphatic carbocycles. The second-order valence-electron chi connectivity index (χ2n) is 4.96. The van der Waals surface area contributed by atoms with Crippen molar-refractivity contribution < 1.29 is 33.9 Å². The van der Waals surface area contributed by atoms with Crippen LogP contribution in [-0.2, 0) is 29.1 Å². The summed E-state index contributed by atoms with van der Waals surface area (Å²) < 4.78 is 4.61. The van der Waals surface area contributed by atoms with Gasteiger partial charge in [-0.25, -0.2) is 14.6 Å². The van der Waals surface area contributed by atoms with E-state index in [9.17, 15) is 9.59 Å².